The summed E-state index contributed by atoms with van der Waals surface area (Å²) in [6, 6.07) is 2.21. The molecule has 1 aromatic carbocycles. The number of nitrogens with two attached hydrogens (primary N) is 1. The van der Waals surface area contributed by atoms with Crippen LogP contribution in [0, 0.1) is 0 Å². The maximum Gasteiger partial charge on any atom is 0.416 e. The van der Waals surface area contributed by atoms with Gasteiger partial charge in [0.15, 0.2) is 0 Å². The molecule has 0 aliphatic rings. The molecule has 0 spiro atoms. The highest BCUT2D eigenvalue weighted by Gasteiger charge is 2.34. The van der Waals surface area contributed by atoms with Gasteiger partial charge < -0.3 is 5.73 Å². The van der Waals surface area contributed by atoms with Crippen LogP contribution in [0.5, 0.6) is 0 Å². The van der Waals surface area contributed by atoms with E-state index in [1.54, 1.807) is 0 Å². The van der Waals surface area contributed by atoms with Crippen molar-refractivity contribution >= 4 is 27.5 Å². The molecular formula is C8H6BrClF3N. The van der Waals surface area contributed by atoms with Crippen LogP contribution in [0.15, 0.2) is 16.6 Å². The first-order valence-electron chi connectivity index (χ1n) is 3.62. The van der Waals surface area contributed by atoms with E-state index in [-0.39, 0.29) is 17.1 Å². The van der Waals surface area contributed by atoms with Crippen LogP contribution in [0.1, 0.15) is 11.1 Å². The van der Waals surface area contributed by atoms with Crippen LogP contribution in [0.3, 0.4) is 0 Å². The maximum atomic E-state index is 12.4. The average Bonchev–Trinajstić information content (AvgIpc) is 2.07. The van der Waals surface area contributed by atoms with Crippen LogP contribution in [0.25, 0.3) is 0 Å². The van der Waals surface area contributed by atoms with Crippen molar-refractivity contribution in [2.45, 2.75) is 12.7 Å². The Bertz CT molecular complexity index is 351. The minimum Gasteiger partial charge on any atom is -0.326 e. The molecule has 2 N–H and O–H groups in total. The van der Waals surface area contributed by atoms with Gasteiger partial charge in [0.05, 0.1) is 10.6 Å². The van der Waals surface area contributed by atoms with Gasteiger partial charge in [-0.25, -0.2) is 0 Å². The molecule has 1 aromatic rings. The summed E-state index contributed by atoms with van der Waals surface area (Å²) in [4.78, 5) is 0. The van der Waals surface area contributed by atoms with E-state index in [0.29, 0.717) is 4.47 Å². The van der Waals surface area contributed by atoms with Gasteiger partial charge in [-0.15, -0.1) is 0 Å². The van der Waals surface area contributed by atoms with Crippen LogP contribution in [-0.2, 0) is 12.7 Å². The van der Waals surface area contributed by atoms with Crippen molar-refractivity contribution in [1.29, 1.82) is 0 Å². The van der Waals surface area contributed by atoms with Crippen LogP contribution in [0.2, 0.25) is 5.02 Å². The van der Waals surface area contributed by atoms with E-state index < -0.39 is 11.7 Å². The van der Waals surface area contributed by atoms with Crippen LogP contribution in [0.4, 0.5) is 13.2 Å². The molecule has 1 nitrogen and oxygen atoms in total. The van der Waals surface area contributed by atoms with Crippen LogP contribution >= 0.6 is 27.5 Å². The summed E-state index contributed by atoms with van der Waals surface area (Å²) in [6.07, 6.45) is -4.42. The smallest absolute Gasteiger partial charge is 0.326 e. The van der Waals surface area contributed by atoms with Crippen molar-refractivity contribution in [3.8, 4) is 0 Å². The molecule has 0 saturated heterocycles. The first-order valence-corrected chi connectivity index (χ1v) is 4.79. The summed E-state index contributed by atoms with van der Waals surface area (Å²) >= 11 is 8.71. The highest BCUT2D eigenvalue weighted by Crippen LogP contribution is 2.37. The minimum absolute atomic E-state index is 0.0160. The Hall–Kier alpha value is -0.260. The lowest BCUT2D eigenvalue weighted by Gasteiger charge is -2.13. The number of hydrogen-bond acceptors (Lipinski definition) is 1. The molecule has 0 amide bonds. The highest BCUT2D eigenvalue weighted by atomic mass is 79.9. The molecule has 0 saturated carbocycles. The van der Waals surface area contributed by atoms with Gasteiger partial charge >= 0.3 is 6.18 Å². The Balaban J connectivity index is 3.39. The second-order valence-electron chi connectivity index (χ2n) is 2.59. The summed E-state index contributed by atoms with van der Waals surface area (Å²) in [5.74, 6) is 0. The third-order valence-electron chi connectivity index (χ3n) is 1.71. The zero-order chi connectivity index (χ0) is 10.9. The standard InChI is InChI=1S/C8H6BrClF3N/c9-6-2-1-5(8(11,12)13)4(3-14)7(6)10/h1-2H,3,14H2. The monoisotopic (exact) mass is 287 g/mol. The average molecular weight is 288 g/mol. The van der Waals surface area contributed by atoms with Gasteiger partial charge in [-0.05, 0) is 33.6 Å². The van der Waals surface area contributed by atoms with Crippen molar-refractivity contribution in [3.63, 3.8) is 0 Å². The molecule has 0 aromatic heterocycles. The van der Waals surface area contributed by atoms with Crippen molar-refractivity contribution in [1.82, 2.24) is 0 Å². The second-order valence-corrected chi connectivity index (χ2v) is 3.82. The Morgan fingerprint density at radius 2 is 1.93 bits per heavy atom. The normalized spacial score (nSPS) is 11.9. The lowest BCUT2D eigenvalue weighted by Crippen LogP contribution is -2.12. The molecular weight excluding hydrogens is 282 g/mol. The first-order chi connectivity index (χ1) is 6.38. The van der Waals surface area contributed by atoms with Gasteiger partial charge in [0, 0.05) is 11.0 Å². The fourth-order valence-corrected chi connectivity index (χ4v) is 1.67. The van der Waals surface area contributed by atoms with E-state index in [1.165, 1.54) is 6.07 Å². The topological polar surface area (TPSA) is 26.0 Å². The van der Waals surface area contributed by atoms with E-state index in [4.69, 9.17) is 17.3 Å². The van der Waals surface area contributed by atoms with Crippen molar-refractivity contribution in [2.24, 2.45) is 5.73 Å². The SMILES string of the molecule is NCc1c(C(F)(F)F)ccc(Br)c1Cl. The summed E-state index contributed by atoms with van der Waals surface area (Å²) in [7, 11) is 0. The predicted octanol–water partition coefficient (Wildman–Crippen LogP) is 3.58. The quantitative estimate of drug-likeness (QED) is 0.840. The highest BCUT2D eigenvalue weighted by molar-refractivity contribution is 9.10. The summed E-state index contributed by atoms with van der Waals surface area (Å²) in [6.45, 7) is -0.243. The van der Waals surface area contributed by atoms with Crippen molar-refractivity contribution < 1.29 is 13.2 Å². The molecule has 14 heavy (non-hydrogen) atoms. The van der Waals surface area contributed by atoms with Crippen molar-refractivity contribution in [2.75, 3.05) is 0 Å². The molecule has 0 aliphatic carbocycles. The molecule has 0 atom stereocenters. The third kappa shape index (κ3) is 2.21. The summed E-state index contributed by atoms with van der Waals surface area (Å²) in [5, 5.41) is 0.0160. The third-order valence-corrected chi connectivity index (χ3v) is 3.03. The second kappa shape index (κ2) is 4.08. The molecule has 0 bridgehead atoms. The zero-order valence-electron chi connectivity index (χ0n) is 6.83. The molecule has 0 unspecified atom stereocenters. The number of benzene rings is 1. The largest absolute Gasteiger partial charge is 0.416 e. The fourth-order valence-electron chi connectivity index (χ4n) is 1.06. The molecule has 0 fully saturated rings. The van der Waals surface area contributed by atoms with Gasteiger partial charge in [0.2, 0.25) is 0 Å². The maximum absolute atomic E-state index is 12.4. The fraction of sp³-hybridized carbons (Fsp3) is 0.250. The number of hydrogen-bond donors (Lipinski definition) is 1. The lowest BCUT2D eigenvalue weighted by atomic mass is 10.1. The summed E-state index contributed by atoms with van der Waals surface area (Å²) < 4.78 is 37.7. The lowest BCUT2D eigenvalue weighted by molar-refractivity contribution is -0.138. The Morgan fingerprint density at radius 1 is 1.36 bits per heavy atom. The summed E-state index contributed by atoms with van der Waals surface area (Å²) in [5.41, 5.74) is 4.34. The molecule has 0 aliphatic heterocycles. The van der Waals surface area contributed by atoms with E-state index in [1.807, 2.05) is 0 Å². The Kier molecular flexibility index (Phi) is 3.44. The zero-order valence-corrected chi connectivity index (χ0v) is 9.17. The Labute approximate surface area is 92.2 Å². The van der Waals surface area contributed by atoms with Gasteiger partial charge in [0.1, 0.15) is 0 Å². The molecule has 6 heteroatoms. The molecule has 0 heterocycles. The van der Waals surface area contributed by atoms with E-state index in [9.17, 15) is 13.2 Å². The van der Waals surface area contributed by atoms with Gasteiger partial charge in [-0.3, -0.25) is 0 Å². The van der Waals surface area contributed by atoms with Crippen LogP contribution < -0.4 is 5.73 Å². The van der Waals surface area contributed by atoms with Gasteiger partial charge in [0.25, 0.3) is 0 Å². The van der Waals surface area contributed by atoms with E-state index >= 15 is 0 Å². The predicted molar refractivity (Wildman–Crippen MR) is 52.0 cm³/mol. The van der Waals surface area contributed by atoms with Gasteiger partial charge in [-0.2, -0.15) is 13.2 Å². The molecule has 0 radical (unpaired) electrons. The number of halogens is 5. The van der Waals surface area contributed by atoms with Crippen molar-refractivity contribution in [3.05, 3.63) is 32.8 Å². The van der Waals surface area contributed by atoms with Crippen LogP contribution in [-0.4, -0.2) is 0 Å². The first kappa shape index (κ1) is 11.8. The Morgan fingerprint density at radius 3 is 2.36 bits per heavy atom. The number of alkyl halides is 3. The molecule has 1 rings (SSSR count). The van der Waals surface area contributed by atoms with Gasteiger partial charge in [-0.1, -0.05) is 11.6 Å². The minimum atomic E-state index is -4.42. The number of rotatable bonds is 1. The molecule has 78 valence electrons. The van der Waals surface area contributed by atoms with E-state index in [0.717, 1.165) is 6.07 Å². The van der Waals surface area contributed by atoms with E-state index in [2.05, 4.69) is 15.9 Å².